The number of aromatic nitrogens is 1. The minimum atomic E-state index is -1.57. The first-order valence-corrected chi connectivity index (χ1v) is 14.6. The van der Waals surface area contributed by atoms with Gasteiger partial charge >= 0.3 is 5.97 Å². The molecule has 1 fully saturated rings. The molecule has 1 saturated heterocycles. The van der Waals surface area contributed by atoms with Crippen LogP contribution in [0.3, 0.4) is 0 Å². The van der Waals surface area contributed by atoms with Gasteiger partial charge in [0.25, 0.3) is 11.8 Å². The summed E-state index contributed by atoms with van der Waals surface area (Å²) in [6.07, 6.45) is 0.551. The van der Waals surface area contributed by atoms with E-state index >= 15 is 0 Å². The molecule has 1 aliphatic carbocycles. The number of hydrogen-bond acceptors (Lipinski definition) is 4. The van der Waals surface area contributed by atoms with Crippen LogP contribution < -0.4 is 0 Å². The molecule has 232 valence electrons. The predicted octanol–water partition coefficient (Wildman–Crippen LogP) is 5.22. The third-order valence-corrected chi connectivity index (χ3v) is 9.05. The summed E-state index contributed by atoms with van der Waals surface area (Å²) in [4.78, 5) is 44.8. The molecule has 7 nitrogen and oxygen atoms in total. The van der Waals surface area contributed by atoms with Crippen molar-refractivity contribution in [2.45, 2.75) is 30.8 Å². The summed E-state index contributed by atoms with van der Waals surface area (Å²) < 4.78 is 49.4. The van der Waals surface area contributed by atoms with E-state index in [1.807, 2.05) is 36.4 Å². The highest BCUT2D eigenvalue weighted by atomic mass is 19.2. The van der Waals surface area contributed by atoms with Gasteiger partial charge in [0.1, 0.15) is 5.69 Å². The Morgan fingerprint density at radius 2 is 1.53 bits per heavy atom. The van der Waals surface area contributed by atoms with Crippen molar-refractivity contribution in [3.63, 3.8) is 0 Å². The van der Waals surface area contributed by atoms with Crippen molar-refractivity contribution in [1.29, 1.82) is 0 Å². The van der Waals surface area contributed by atoms with Gasteiger partial charge in [-0.05, 0) is 59.4 Å². The number of benzene rings is 3. The minimum absolute atomic E-state index is 0.103. The van der Waals surface area contributed by atoms with Crippen molar-refractivity contribution in [3.8, 4) is 0 Å². The van der Waals surface area contributed by atoms with Gasteiger partial charge in [0.05, 0.1) is 7.11 Å². The maximum atomic E-state index is 14.2. The Morgan fingerprint density at radius 1 is 0.911 bits per heavy atom. The fourth-order valence-corrected chi connectivity index (χ4v) is 7.18. The smallest absolute Gasteiger partial charge is 0.332 e. The second-order valence-corrected chi connectivity index (χ2v) is 11.9. The van der Waals surface area contributed by atoms with E-state index in [4.69, 9.17) is 4.74 Å². The molecule has 6 rings (SSSR count). The summed E-state index contributed by atoms with van der Waals surface area (Å²) in [5.74, 6) is -6.23. The zero-order valence-corrected chi connectivity index (χ0v) is 25.1. The molecule has 0 radical (unpaired) electrons. The van der Waals surface area contributed by atoms with Gasteiger partial charge in [-0.3, -0.25) is 9.59 Å². The van der Waals surface area contributed by atoms with Crippen LogP contribution in [0.1, 0.15) is 49.1 Å². The molecule has 2 aliphatic rings. The Labute approximate surface area is 258 Å². The second kappa shape index (κ2) is 11.6. The van der Waals surface area contributed by atoms with Gasteiger partial charge in [0.2, 0.25) is 0 Å². The lowest BCUT2D eigenvalue weighted by Crippen LogP contribution is -2.58. The highest BCUT2D eigenvalue weighted by Gasteiger charge is 2.64. The highest BCUT2D eigenvalue weighted by molar-refractivity contribution is 6.00. The number of ether oxygens (including phenoxy) is 1. The number of fused-ring (bicyclic) bond motifs is 3. The van der Waals surface area contributed by atoms with E-state index in [-0.39, 0.29) is 48.5 Å². The second-order valence-electron chi connectivity index (χ2n) is 11.9. The van der Waals surface area contributed by atoms with Crippen molar-refractivity contribution in [2.24, 2.45) is 5.92 Å². The molecule has 0 spiro atoms. The number of halogens is 3. The lowest BCUT2D eigenvalue weighted by atomic mass is 9.75. The normalized spacial score (nSPS) is 20.1. The van der Waals surface area contributed by atoms with Gasteiger partial charge in [-0.15, -0.1) is 0 Å². The molecule has 0 saturated carbocycles. The van der Waals surface area contributed by atoms with E-state index in [1.165, 1.54) is 12.0 Å². The maximum Gasteiger partial charge on any atom is 0.332 e. The molecule has 3 aromatic carbocycles. The lowest BCUT2D eigenvalue weighted by molar-refractivity contribution is -0.153. The van der Waals surface area contributed by atoms with E-state index in [0.717, 1.165) is 17.7 Å². The van der Waals surface area contributed by atoms with Gasteiger partial charge in [0, 0.05) is 50.8 Å². The van der Waals surface area contributed by atoms with E-state index < -0.39 is 34.9 Å². The number of methoxy groups -OCH3 is 1. The van der Waals surface area contributed by atoms with Crippen molar-refractivity contribution in [2.75, 3.05) is 27.7 Å². The van der Waals surface area contributed by atoms with Crippen LogP contribution in [-0.2, 0) is 28.9 Å². The van der Waals surface area contributed by atoms with E-state index in [1.54, 1.807) is 53.9 Å². The molecule has 45 heavy (non-hydrogen) atoms. The van der Waals surface area contributed by atoms with E-state index in [0.29, 0.717) is 23.2 Å². The molecular weight excluding hydrogens is 583 g/mol. The Kier molecular flexibility index (Phi) is 7.76. The number of amides is 2. The molecule has 0 N–H and O–H groups in total. The molecule has 1 aliphatic heterocycles. The van der Waals surface area contributed by atoms with Crippen LogP contribution in [0.25, 0.3) is 0 Å². The zero-order chi connectivity index (χ0) is 32.0. The molecule has 1 aromatic heterocycles. The largest absolute Gasteiger partial charge is 0.467 e. The number of esters is 1. The predicted molar refractivity (Wildman–Crippen MR) is 160 cm³/mol. The minimum Gasteiger partial charge on any atom is -0.467 e. The first-order chi connectivity index (χ1) is 21.6. The van der Waals surface area contributed by atoms with Crippen molar-refractivity contribution in [1.82, 2.24) is 14.4 Å². The Bertz CT molecular complexity index is 1770. The third-order valence-electron chi connectivity index (χ3n) is 9.05. The fraction of sp³-hybridized carbons (Fsp3) is 0.286. The topological polar surface area (TPSA) is 71.9 Å². The van der Waals surface area contributed by atoms with Crippen LogP contribution in [0.4, 0.5) is 13.2 Å². The zero-order valence-electron chi connectivity index (χ0n) is 25.1. The summed E-state index contributed by atoms with van der Waals surface area (Å²) in [6, 6.07) is 21.7. The number of carbonyl (C=O) groups excluding carboxylic acids is 3. The fourth-order valence-electron chi connectivity index (χ4n) is 7.18. The van der Waals surface area contributed by atoms with Crippen LogP contribution >= 0.6 is 0 Å². The third kappa shape index (κ3) is 4.98. The van der Waals surface area contributed by atoms with E-state index in [2.05, 4.69) is 0 Å². The van der Waals surface area contributed by atoms with Crippen LogP contribution in [0.2, 0.25) is 0 Å². The number of likely N-dealkylation sites (tertiary alicyclic amines) is 1. The molecule has 2 amide bonds. The number of hydrogen-bond donors (Lipinski definition) is 0. The average molecular weight is 616 g/mol. The van der Waals surface area contributed by atoms with Gasteiger partial charge in [0.15, 0.2) is 23.0 Å². The van der Waals surface area contributed by atoms with Crippen molar-refractivity contribution >= 4 is 17.8 Å². The average Bonchev–Trinajstić information content (AvgIpc) is 3.67. The van der Waals surface area contributed by atoms with E-state index in [9.17, 15) is 27.6 Å². The molecule has 3 atom stereocenters. The number of rotatable bonds is 7. The Balaban J connectivity index is 1.54. The van der Waals surface area contributed by atoms with Crippen molar-refractivity contribution < 1.29 is 32.3 Å². The van der Waals surface area contributed by atoms with Crippen LogP contribution in [0.15, 0.2) is 78.9 Å². The van der Waals surface area contributed by atoms with Gasteiger partial charge in [-0.1, -0.05) is 48.5 Å². The standard InChI is InChI=1S/C35H32F3N3O4/c1-39(2)33(43)29-17-25-28(40(29)19-22-14-26(36)31(38)27(37)15-22)16-24-20-41(32(42)23-12-8-5-9-13-23)35(30(24)25,34(44)45-3)18-21-10-6-4-7-11-21/h4-15,17,24,30H,16,18-20H2,1-3H3/t24-,30+,35+/m0/s1. The summed E-state index contributed by atoms with van der Waals surface area (Å²) in [5, 5.41) is 0. The summed E-state index contributed by atoms with van der Waals surface area (Å²) in [7, 11) is 4.48. The first-order valence-electron chi connectivity index (χ1n) is 14.6. The highest BCUT2D eigenvalue weighted by Crippen LogP contribution is 2.55. The molecule has 2 heterocycles. The SMILES string of the molecule is COC(=O)[C@@]1(Cc2ccccc2)[C@H]2c3cc(C(=O)N(C)C)n(Cc4cc(F)c(F)c(F)c4)c3C[C@H]2CN1C(=O)c1ccccc1. The summed E-state index contributed by atoms with van der Waals surface area (Å²) in [5.41, 5.74) is 1.59. The quantitative estimate of drug-likeness (QED) is 0.211. The summed E-state index contributed by atoms with van der Waals surface area (Å²) >= 11 is 0. The molecule has 0 unspecified atom stereocenters. The molecular formula is C35H32F3N3O4. The lowest BCUT2D eigenvalue weighted by Gasteiger charge is -2.40. The first kappa shape index (κ1) is 30.2. The van der Waals surface area contributed by atoms with Crippen LogP contribution in [0.5, 0.6) is 0 Å². The Hall–Kier alpha value is -4.86. The Morgan fingerprint density at radius 3 is 2.13 bits per heavy atom. The summed E-state index contributed by atoms with van der Waals surface area (Å²) in [6.45, 7) is 0.139. The van der Waals surface area contributed by atoms with Crippen LogP contribution in [0, 0.1) is 23.4 Å². The molecule has 0 bridgehead atoms. The monoisotopic (exact) mass is 615 g/mol. The molecule has 4 aromatic rings. The van der Waals surface area contributed by atoms with Gasteiger partial charge in [-0.25, -0.2) is 18.0 Å². The van der Waals surface area contributed by atoms with Crippen LogP contribution in [-0.4, -0.2) is 65.4 Å². The van der Waals surface area contributed by atoms with Gasteiger partial charge in [-0.2, -0.15) is 0 Å². The number of carbonyl (C=O) groups is 3. The molecule has 10 heteroatoms. The number of nitrogens with zero attached hydrogens (tertiary/aromatic N) is 3. The van der Waals surface area contributed by atoms with Crippen molar-refractivity contribution in [3.05, 3.63) is 130 Å². The van der Waals surface area contributed by atoms with Gasteiger partial charge < -0.3 is 19.1 Å². The maximum absolute atomic E-state index is 14.2.